The van der Waals surface area contributed by atoms with Gasteiger partial charge < -0.3 is 4.42 Å². The van der Waals surface area contributed by atoms with Crippen LogP contribution in [-0.2, 0) is 0 Å². The molecule has 0 fully saturated rings. The van der Waals surface area contributed by atoms with Crippen molar-refractivity contribution in [3.63, 3.8) is 0 Å². The lowest BCUT2D eigenvalue weighted by Crippen LogP contribution is -1.92. The Morgan fingerprint density at radius 1 is 0.404 bits per heavy atom. The summed E-state index contributed by atoms with van der Waals surface area (Å²) in [4.78, 5) is 0. The van der Waals surface area contributed by atoms with Crippen molar-refractivity contribution in [1.29, 1.82) is 0 Å². The Balaban J connectivity index is 1.35. The highest BCUT2D eigenvalue weighted by molar-refractivity contribution is 6.24. The summed E-state index contributed by atoms with van der Waals surface area (Å²) < 4.78 is 61.2. The van der Waals surface area contributed by atoms with Gasteiger partial charge in [0.05, 0.1) is 8.22 Å². The van der Waals surface area contributed by atoms with Gasteiger partial charge in [-0.1, -0.05) is 139 Å². The molecule has 0 spiro atoms. The number of furan rings is 1. The summed E-state index contributed by atoms with van der Waals surface area (Å²) in [5, 5.41) is 8.04. The van der Waals surface area contributed by atoms with E-state index in [4.69, 9.17) is 8.53 Å². The molecule has 9 aromatic carbocycles. The molecule has 0 amide bonds. The first-order valence-electron chi connectivity index (χ1n) is 18.7. The Morgan fingerprint density at radius 3 is 1.81 bits per heavy atom. The summed E-state index contributed by atoms with van der Waals surface area (Å²) in [7, 11) is 0. The number of rotatable bonds is 3. The van der Waals surface area contributed by atoms with Gasteiger partial charge in [0.25, 0.3) is 0 Å². The number of hydrogen-bond acceptors (Lipinski definition) is 1. The summed E-state index contributed by atoms with van der Waals surface area (Å²) >= 11 is 0. The van der Waals surface area contributed by atoms with Gasteiger partial charge in [0.15, 0.2) is 0 Å². The topological polar surface area (TPSA) is 13.1 Å². The van der Waals surface area contributed by atoms with E-state index in [9.17, 15) is 4.11 Å². The zero-order valence-corrected chi connectivity index (χ0v) is 25.1. The van der Waals surface area contributed by atoms with E-state index >= 15 is 0 Å². The number of fused-ring (bicyclic) bond motifs is 8. The lowest BCUT2D eigenvalue weighted by Gasteiger charge is -2.19. The Labute approximate surface area is 280 Å². The minimum atomic E-state index is -0.405. The van der Waals surface area contributed by atoms with Crippen LogP contribution in [0.3, 0.4) is 0 Å². The molecule has 47 heavy (non-hydrogen) atoms. The normalized spacial score (nSPS) is 13.6. The van der Waals surface area contributed by atoms with E-state index in [1.54, 1.807) is 0 Å². The maximum Gasteiger partial charge on any atom is 0.143 e. The van der Waals surface area contributed by atoms with Crippen molar-refractivity contribution >= 4 is 65.0 Å². The fourth-order valence-electron chi connectivity index (χ4n) is 7.24. The van der Waals surface area contributed by atoms with Gasteiger partial charge in [-0.05, 0) is 101 Å². The standard InChI is InChI=1S/C46H28O/c1-2-12-29(13-3-1)33-26-31-15-5-6-16-34(31)42(27-33)45-39-20-10-8-18-37(39)44(38-19-9-11-21-40(38)45)32-23-24-36-41-25-22-30-14-4-7-17-35(30)46(41)47-43(36)28-32/h1-28H/i5D,6D,15D,16D,26D,27D. The second kappa shape index (κ2) is 10.2. The molecular formula is C46H28O. The maximum atomic E-state index is 9.82. The van der Waals surface area contributed by atoms with E-state index in [1.165, 1.54) is 0 Å². The summed E-state index contributed by atoms with van der Waals surface area (Å²) in [6, 6.07) is 42.7. The van der Waals surface area contributed by atoms with E-state index in [-0.39, 0.29) is 34.9 Å². The highest BCUT2D eigenvalue weighted by atomic mass is 16.3. The summed E-state index contributed by atoms with van der Waals surface area (Å²) in [5.41, 5.74) is 5.60. The molecule has 1 aromatic heterocycles. The van der Waals surface area contributed by atoms with Crippen LogP contribution in [0.4, 0.5) is 0 Å². The van der Waals surface area contributed by atoms with Crippen LogP contribution in [-0.4, -0.2) is 0 Å². The van der Waals surface area contributed by atoms with Crippen molar-refractivity contribution in [1.82, 2.24) is 0 Å². The predicted octanol–water partition coefficient (Wildman–Crippen LogP) is 13.2. The van der Waals surface area contributed by atoms with Crippen LogP contribution in [0.5, 0.6) is 0 Å². The first-order chi connectivity index (χ1) is 25.8. The average molecular weight is 603 g/mol. The van der Waals surface area contributed by atoms with E-state index < -0.39 is 12.1 Å². The Hall–Kier alpha value is -6.18. The maximum absolute atomic E-state index is 9.82. The van der Waals surface area contributed by atoms with Crippen molar-refractivity contribution in [2.75, 3.05) is 0 Å². The highest BCUT2D eigenvalue weighted by Crippen LogP contribution is 2.47. The van der Waals surface area contributed by atoms with Crippen molar-refractivity contribution in [3.05, 3.63) is 170 Å². The van der Waals surface area contributed by atoms with Crippen molar-refractivity contribution < 1.29 is 12.6 Å². The molecule has 0 aliphatic heterocycles. The van der Waals surface area contributed by atoms with Gasteiger partial charge in [-0.25, -0.2) is 0 Å². The fourth-order valence-corrected chi connectivity index (χ4v) is 7.24. The second-order valence-electron chi connectivity index (χ2n) is 11.9. The predicted molar refractivity (Wildman–Crippen MR) is 200 cm³/mol. The van der Waals surface area contributed by atoms with Crippen LogP contribution in [0.15, 0.2) is 174 Å². The smallest absolute Gasteiger partial charge is 0.143 e. The molecule has 0 N–H and O–H groups in total. The lowest BCUT2D eigenvalue weighted by atomic mass is 9.83. The summed E-state index contributed by atoms with van der Waals surface area (Å²) in [5.74, 6) is 0. The molecule has 0 aliphatic carbocycles. The molecule has 0 unspecified atom stereocenters. The van der Waals surface area contributed by atoms with Crippen LogP contribution in [0.1, 0.15) is 8.22 Å². The molecule has 0 atom stereocenters. The van der Waals surface area contributed by atoms with Gasteiger partial charge in [0.1, 0.15) is 11.2 Å². The number of hydrogen-bond donors (Lipinski definition) is 0. The van der Waals surface area contributed by atoms with Crippen molar-refractivity contribution in [2.45, 2.75) is 0 Å². The molecule has 0 saturated heterocycles. The van der Waals surface area contributed by atoms with Crippen molar-refractivity contribution in [2.24, 2.45) is 0 Å². The minimum absolute atomic E-state index is 0.0395. The minimum Gasteiger partial charge on any atom is -0.455 e. The fraction of sp³-hybridized carbons (Fsp3) is 0. The second-order valence-corrected chi connectivity index (χ2v) is 11.9. The van der Waals surface area contributed by atoms with Gasteiger partial charge >= 0.3 is 0 Å². The molecule has 0 bridgehead atoms. The molecule has 10 aromatic rings. The first kappa shape index (κ1) is 20.8. The van der Waals surface area contributed by atoms with Gasteiger partial charge in [0, 0.05) is 16.2 Å². The highest BCUT2D eigenvalue weighted by Gasteiger charge is 2.20. The van der Waals surface area contributed by atoms with Crippen molar-refractivity contribution in [3.8, 4) is 33.4 Å². The lowest BCUT2D eigenvalue weighted by molar-refractivity contribution is 0.673. The van der Waals surface area contributed by atoms with Crippen LogP contribution >= 0.6 is 0 Å². The molecule has 0 saturated carbocycles. The molecule has 0 radical (unpaired) electrons. The summed E-state index contributed by atoms with van der Waals surface area (Å²) in [6.45, 7) is 0. The molecule has 1 heteroatoms. The van der Waals surface area contributed by atoms with Gasteiger partial charge in [-0.3, -0.25) is 0 Å². The summed E-state index contributed by atoms with van der Waals surface area (Å²) in [6.07, 6.45) is 0. The van der Waals surface area contributed by atoms with E-state index in [1.807, 2.05) is 78.9 Å². The Morgan fingerprint density at radius 2 is 1.04 bits per heavy atom. The van der Waals surface area contributed by atoms with Crippen LogP contribution in [0.25, 0.3) is 98.4 Å². The Kier molecular flexibility index (Phi) is 4.49. The zero-order chi connectivity index (χ0) is 36.1. The average Bonchev–Trinajstić information content (AvgIpc) is 3.57. The molecule has 1 nitrogen and oxygen atoms in total. The van der Waals surface area contributed by atoms with Gasteiger partial charge in [0.2, 0.25) is 0 Å². The monoisotopic (exact) mass is 602 g/mol. The van der Waals surface area contributed by atoms with Crippen LogP contribution in [0, 0.1) is 0 Å². The molecule has 1 heterocycles. The molecular weight excluding hydrogens is 569 g/mol. The molecule has 10 rings (SSSR count). The number of benzene rings is 9. The van der Waals surface area contributed by atoms with E-state index in [2.05, 4.69) is 54.6 Å². The quantitative estimate of drug-likeness (QED) is 0.183. The van der Waals surface area contributed by atoms with Crippen LogP contribution in [0.2, 0.25) is 0 Å². The first-order valence-corrected chi connectivity index (χ1v) is 15.7. The SMILES string of the molecule is [2H]c1c([2H])c([2H])c2c(-c3c4ccccc4c(-c4ccc5c(c4)oc4c6ccccc6ccc54)c4ccccc34)c([2H])c(-c3ccccc3)c([2H])c2c1[2H]. The molecule has 218 valence electrons. The third-order valence-electron chi connectivity index (χ3n) is 9.33. The van der Waals surface area contributed by atoms with Gasteiger partial charge in [-0.2, -0.15) is 0 Å². The zero-order valence-electron chi connectivity index (χ0n) is 31.1. The Bertz CT molecular complexity index is 3130. The van der Waals surface area contributed by atoms with E-state index in [0.717, 1.165) is 65.4 Å². The third kappa shape index (κ3) is 3.97. The van der Waals surface area contributed by atoms with E-state index in [0.29, 0.717) is 22.3 Å². The third-order valence-corrected chi connectivity index (χ3v) is 9.33. The largest absolute Gasteiger partial charge is 0.455 e. The van der Waals surface area contributed by atoms with Gasteiger partial charge in [-0.15, -0.1) is 0 Å². The molecule has 0 aliphatic rings. The van der Waals surface area contributed by atoms with Crippen LogP contribution < -0.4 is 0 Å².